The highest BCUT2D eigenvalue weighted by Crippen LogP contribution is 2.25. The quantitative estimate of drug-likeness (QED) is 0.727. The predicted molar refractivity (Wildman–Crippen MR) is 80.8 cm³/mol. The van der Waals surface area contributed by atoms with E-state index in [-0.39, 0.29) is 0 Å². The molecule has 0 saturated heterocycles. The van der Waals surface area contributed by atoms with E-state index < -0.39 is 0 Å². The fraction of sp³-hybridized carbons (Fsp3) is 0.0714. The third-order valence-electron chi connectivity index (χ3n) is 2.83. The van der Waals surface area contributed by atoms with Crippen molar-refractivity contribution in [1.29, 1.82) is 0 Å². The summed E-state index contributed by atoms with van der Waals surface area (Å²) in [6.45, 7) is 0. The van der Waals surface area contributed by atoms with Gasteiger partial charge < -0.3 is 5.73 Å². The van der Waals surface area contributed by atoms with E-state index in [0.29, 0.717) is 5.82 Å². The summed E-state index contributed by atoms with van der Waals surface area (Å²) in [7, 11) is 1.71. The normalized spacial score (nSPS) is 11.4. The van der Waals surface area contributed by atoms with E-state index in [1.165, 1.54) is 0 Å². The molecule has 94 valence electrons. The Morgan fingerprint density at radius 2 is 2.21 bits per heavy atom. The Bertz CT molecular complexity index is 761. The van der Waals surface area contributed by atoms with Gasteiger partial charge >= 0.3 is 0 Å². The Morgan fingerprint density at radius 1 is 1.32 bits per heavy atom. The third kappa shape index (κ3) is 2.20. The number of thiophene rings is 1. The van der Waals surface area contributed by atoms with E-state index in [9.17, 15) is 0 Å². The van der Waals surface area contributed by atoms with Gasteiger partial charge in [-0.2, -0.15) is 0 Å². The van der Waals surface area contributed by atoms with Gasteiger partial charge in [0.05, 0.1) is 5.69 Å². The first kappa shape index (κ1) is 11.8. The molecule has 0 unspecified atom stereocenters. The second kappa shape index (κ2) is 4.78. The summed E-state index contributed by atoms with van der Waals surface area (Å²) in [4.78, 5) is 13.8. The Morgan fingerprint density at radius 3 is 3.05 bits per heavy atom. The summed E-state index contributed by atoms with van der Waals surface area (Å²) in [6.07, 6.45) is 3.44. The summed E-state index contributed by atoms with van der Waals surface area (Å²) in [5.41, 5.74) is 8.46. The lowest BCUT2D eigenvalue weighted by Crippen LogP contribution is -1.98. The molecule has 0 aliphatic rings. The summed E-state index contributed by atoms with van der Waals surface area (Å²) < 4.78 is 0. The topological polar surface area (TPSA) is 64.2 Å². The Balaban J connectivity index is 2.12. The molecule has 0 bridgehead atoms. The van der Waals surface area contributed by atoms with Crippen LogP contribution in [0.15, 0.2) is 40.8 Å². The second-order valence-electron chi connectivity index (χ2n) is 4.10. The SMILES string of the molecule is CN=Cc1cc(-c2ccc3ccsc3n2)cnc1N. The average molecular weight is 268 g/mol. The molecule has 0 aromatic carbocycles. The van der Waals surface area contributed by atoms with Gasteiger partial charge in [-0.15, -0.1) is 11.3 Å². The number of nitrogens with zero attached hydrogens (tertiary/aromatic N) is 3. The lowest BCUT2D eigenvalue weighted by Gasteiger charge is -2.04. The molecule has 0 radical (unpaired) electrons. The smallest absolute Gasteiger partial charge is 0.132 e. The van der Waals surface area contributed by atoms with Crippen LogP contribution in [0.1, 0.15) is 5.56 Å². The number of nitrogen functional groups attached to an aromatic ring is 1. The average Bonchev–Trinajstić information content (AvgIpc) is 2.89. The molecule has 3 aromatic heterocycles. The Labute approximate surface area is 114 Å². The maximum Gasteiger partial charge on any atom is 0.132 e. The van der Waals surface area contributed by atoms with E-state index in [1.807, 2.05) is 17.5 Å². The summed E-state index contributed by atoms with van der Waals surface area (Å²) in [6, 6.07) is 8.08. The van der Waals surface area contributed by atoms with Crippen LogP contribution in [0.3, 0.4) is 0 Å². The number of aromatic nitrogens is 2. The van der Waals surface area contributed by atoms with Crippen molar-refractivity contribution in [2.24, 2.45) is 4.99 Å². The van der Waals surface area contributed by atoms with Crippen molar-refractivity contribution in [2.45, 2.75) is 0 Å². The number of rotatable bonds is 2. The van der Waals surface area contributed by atoms with Gasteiger partial charge in [-0.05, 0) is 29.6 Å². The van der Waals surface area contributed by atoms with E-state index in [4.69, 9.17) is 5.73 Å². The van der Waals surface area contributed by atoms with Crippen molar-refractivity contribution in [2.75, 3.05) is 12.8 Å². The molecule has 0 amide bonds. The van der Waals surface area contributed by atoms with Crippen molar-refractivity contribution in [3.63, 3.8) is 0 Å². The van der Waals surface area contributed by atoms with Gasteiger partial charge in [0.15, 0.2) is 0 Å². The lowest BCUT2D eigenvalue weighted by atomic mass is 10.1. The van der Waals surface area contributed by atoms with Crippen molar-refractivity contribution < 1.29 is 0 Å². The maximum atomic E-state index is 5.81. The van der Waals surface area contributed by atoms with Crippen molar-refractivity contribution in [3.8, 4) is 11.3 Å². The standard InChI is InChI=1S/C14H12N4S/c1-16-7-11-6-10(8-17-13(11)15)12-3-2-9-4-5-19-14(9)18-12/h2-8H,1H3,(H2,15,17). The molecule has 0 atom stereocenters. The third-order valence-corrected chi connectivity index (χ3v) is 3.65. The summed E-state index contributed by atoms with van der Waals surface area (Å²) in [5.74, 6) is 0.478. The first-order valence-electron chi connectivity index (χ1n) is 5.80. The molecule has 0 aliphatic heterocycles. The minimum absolute atomic E-state index is 0.478. The molecule has 5 heteroatoms. The molecule has 0 spiro atoms. The van der Waals surface area contributed by atoms with Crippen LogP contribution in [0.2, 0.25) is 0 Å². The van der Waals surface area contributed by atoms with Gasteiger partial charge in [0.1, 0.15) is 10.6 Å². The van der Waals surface area contributed by atoms with E-state index >= 15 is 0 Å². The minimum Gasteiger partial charge on any atom is -0.383 e. The highest BCUT2D eigenvalue weighted by atomic mass is 32.1. The molecular formula is C14H12N4S. The van der Waals surface area contributed by atoms with Crippen molar-refractivity contribution in [3.05, 3.63) is 41.4 Å². The number of aliphatic imine (C=N–C) groups is 1. The Kier molecular flexibility index (Phi) is 2.97. The van der Waals surface area contributed by atoms with Gasteiger partial charge in [-0.1, -0.05) is 0 Å². The number of pyridine rings is 2. The van der Waals surface area contributed by atoms with E-state index in [1.54, 1.807) is 30.8 Å². The first-order valence-corrected chi connectivity index (χ1v) is 6.68. The predicted octanol–water partition coefficient (Wildman–Crippen LogP) is 2.99. The molecular weight excluding hydrogens is 256 g/mol. The van der Waals surface area contributed by atoms with Gasteiger partial charge in [0.2, 0.25) is 0 Å². The van der Waals surface area contributed by atoms with Gasteiger partial charge in [0.25, 0.3) is 0 Å². The van der Waals surface area contributed by atoms with E-state index in [0.717, 1.165) is 27.0 Å². The number of nitrogens with two attached hydrogens (primary N) is 1. The number of hydrogen-bond acceptors (Lipinski definition) is 5. The maximum absolute atomic E-state index is 5.81. The monoisotopic (exact) mass is 268 g/mol. The zero-order valence-corrected chi connectivity index (χ0v) is 11.2. The fourth-order valence-corrected chi connectivity index (χ4v) is 2.65. The van der Waals surface area contributed by atoms with Crippen LogP contribution in [0, 0.1) is 0 Å². The van der Waals surface area contributed by atoms with Crippen LogP contribution in [-0.2, 0) is 0 Å². The second-order valence-corrected chi connectivity index (χ2v) is 4.99. The number of fused-ring (bicyclic) bond motifs is 1. The van der Waals surface area contributed by atoms with Gasteiger partial charge in [-0.3, -0.25) is 4.99 Å². The van der Waals surface area contributed by atoms with Crippen LogP contribution in [0.4, 0.5) is 5.82 Å². The molecule has 3 rings (SSSR count). The summed E-state index contributed by atoms with van der Waals surface area (Å²) in [5, 5.41) is 3.20. The van der Waals surface area contributed by atoms with Crippen LogP contribution in [-0.4, -0.2) is 23.2 Å². The largest absolute Gasteiger partial charge is 0.383 e. The zero-order valence-electron chi connectivity index (χ0n) is 10.4. The molecule has 0 saturated carbocycles. The van der Waals surface area contributed by atoms with Crippen LogP contribution >= 0.6 is 11.3 Å². The van der Waals surface area contributed by atoms with Crippen LogP contribution < -0.4 is 5.73 Å². The molecule has 0 fully saturated rings. The van der Waals surface area contributed by atoms with E-state index in [2.05, 4.69) is 27.1 Å². The minimum atomic E-state index is 0.478. The van der Waals surface area contributed by atoms with Crippen molar-refractivity contribution >= 4 is 33.6 Å². The Hall–Kier alpha value is -2.27. The molecule has 4 nitrogen and oxygen atoms in total. The van der Waals surface area contributed by atoms with Crippen LogP contribution in [0.5, 0.6) is 0 Å². The highest BCUT2D eigenvalue weighted by Gasteiger charge is 2.05. The zero-order chi connectivity index (χ0) is 13.2. The lowest BCUT2D eigenvalue weighted by molar-refractivity contribution is 1.30. The summed E-state index contributed by atoms with van der Waals surface area (Å²) >= 11 is 1.63. The molecule has 0 aliphatic carbocycles. The van der Waals surface area contributed by atoms with Gasteiger partial charge in [-0.25, -0.2) is 9.97 Å². The van der Waals surface area contributed by atoms with Crippen molar-refractivity contribution in [1.82, 2.24) is 9.97 Å². The molecule has 19 heavy (non-hydrogen) atoms. The molecule has 3 heterocycles. The number of hydrogen-bond donors (Lipinski definition) is 1. The first-order chi connectivity index (χ1) is 9.28. The molecule has 2 N–H and O–H groups in total. The molecule has 3 aromatic rings. The van der Waals surface area contributed by atoms with Gasteiger partial charge in [0, 0.05) is 36.0 Å². The van der Waals surface area contributed by atoms with Crippen LogP contribution in [0.25, 0.3) is 21.5 Å². The fourth-order valence-electron chi connectivity index (χ4n) is 1.88. The highest BCUT2D eigenvalue weighted by molar-refractivity contribution is 7.16. The number of anilines is 1.